The van der Waals surface area contributed by atoms with E-state index in [0.29, 0.717) is 6.10 Å². The van der Waals surface area contributed by atoms with Gasteiger partial charge < -0.3 is 4.74 Å². The minimum absolute atomic E-state index is 0.380. The molecule has 0 saturated heterocycles. The third-order valence-corrected chi connectivity index (χ3v) is 2.31. The van der Waals surface area contributed by atoms with Gasteiger partial charge in [-0.15, -0.1) is 0 Å². The van der Waals surface area contributed by atoms with E-state index in [1.165, 1.54) is 11.1 Å². The van der Waals surface area contributed by atoms with Crippen LogP contribution in [-0.4, -0.2) is 6.10 Å². The number of rotatable bonds is 0. The predicted octanol–water partition coefficient (Wildman–Crippen LogP) is 2.96. The molecule has 1 heterocycles. The molecule has 0 spiro atoms. The van der Waals surface area contributed by atoms with E-state index in [1.54, 1.807) is 0 Å². The van der Waals surface area contributed by atoms with Crippen molar-refractivity contribution in [1.29, 1.82) is 0 Å². The van der Waals surface area contributed by atoms with E-state index < -0.39 is 0 Å². The molecule has 1 heteroatoms. The highest BCUT2D eigenvalue weighted by Crippen LogP contribution is 2.30. The molecular weight excluding hydrogens is 148 g/mol. The smallest absolute Gasteiger partial charge is 0.119 e. The molecule has 0 aromatic heterocycles. The first-order valence-electron chi connectivity index (χ1n) is 4.49. The molecule has 2 rings (SSSR count). The van der Waals surface area contributed by atoms with Gasteiger partial charge in [-0.25, -0.2) is 0 Å². The zero-order chi connectivity index (χ0) is 8.55. The van der Waals surface area contributed by atoms with Crippen LogP contribution in [0.2, 0.25) is 0 Å². The molecule has 64 valence electrons. The Labute approximate surface area is 73.4 Å². The lowest BCUT2D eigenvalue weighted by Gasteiger charge is -2.04. The van der Waals surface area contributed by atoms with Gasteiger partial charge in [0.15, 0.2) is 0 Å². The summed E-state index contributed by atoms with van der Waals surface area (Å²) in [5, 5.41) is 0. The summed E-state index contributed by atoms with van der Waals surface area (Å²) in [7, 11) is 0. The third kappa shape index (κ3) is 1.31. The summed E-state index contributed by atoms with van der Waals surface area (Å²) in [6.07, 6.45) is 9.06. The second kappa shape index (κ2) is 2.81. The maximum atomic E-state index is 5.68. The molecule has 0 fully saturated rings. The van der Waals surface area contributed by atoms with Gasteiger partial charge >= 0.3 is 0 Å². The van der Waals surface area contributed by atoms with E-state index in [2.05, 4.69) is 32.1 Å². The van der Waals surface area contributed by atoms with Gasteiger partial charge in [-0.3, -0.25) is 0 Å². The van der Waals surface area contributed by atoms with Crippen molar-refractivity contribution in [3.05, 3.63) is 35.1 Å². The fraction of sp³-hybridized carbons (Fsp3) is 0.455. The summed E-state index contributed by atoms with van der Waals surface area (Å²) >= 11 is 0. The molecule has 1 atom stereocenters. The van der Waals surface area contributed by atoms with Gasteiger partial charge in [-0.1, -0.05) is 12.2 Å². The van der Waals surface area contributed by atoms with Crippen LogP contribution in [-0.2, 0) is 4.74 Å². The van der Waals surface area contributed by atoms with Crippen LogP contribution in [0.5, 0.6) is 0 Å². The van der Waals surface area contributed by atoms with Gasteiger partial charge in [-0.2, -0.15) is 0 Å². The van der Waals surface area contributed by atoms with Gasteiger partial charge in [0.25, 0.3) is 0 Å². The van der Waals surface area contributed by atoms with Gasteiger partial charge in [0.05, 0.1) is 6.10 Å². The van der Waals surface area contributed by atoms with Crippen molar-refractivity contribution in [2.24, 2.45) is 0 Å². The van der Waals surface area contributed by atoms with Crippen molar-refractivity contribution >= 4 is 0 Å². The standard InChI is InChI=1S/C11H14O/c1-8-4-3-5-10-7-9(2)12-11(10)6-8/h3-4,6,9H,5,7H2,1-2H3. The molecular formula is C11H14O. The van der Waals surface area contributed by atoms with Crippen LogP contribution in [0, 0.1) is 0 Å². The minimum Gasteiger partial charge on any atom is -0.490 e. The molecule has 0 bridgehead atoms. The Morgan fingerprint density at radius 2 is 2.33 bits per heavy atom. The van der Waals surface area contributed by atoms with Crippen molar-refractivity contribution in [1.82, 2.24) is 0 Å². The SMILES string of the molecule is CC1=CC2=C(CC=C1)CC(C)O2. The first kappa shape index (κ1) is 7.66. The van der Waals surface area contributed by atoms with Crippen LogP contribution < -0.4 is 0 Å². The minimum atomic E-state index is 0.380. The number of hydrogen-bond acceptors (Lipinski definition) is 1. The summed E-state index contributed by atoms with van der Waals surface area (Å²) in [6.45, 7) is 4.24. The van der Waals surface area contributed by atoms with E-state index in [1.807, 2.05) is 0 Å². The van der Waals surface area contributed by atoms with Gasteiger partial charge in [0, 0.05) is 6.42 Å². The van der Waals surface area contributed by atoms with Crippen molar-refractivity contribution in [3.8, 4) is 0 Å². The Morgan fingerprint density at radius 1 is 1.50 bits per heavy atom. The fourth-order valence-electron chi connectivity index (χ4n) is 1.75. The molecule has 12 heavy (non-hydrogen) atoms. The molecule has 1 aliphatic carbocycles. The largest absolute Gasteiger partial charge is 0.490 e. The fourth-order valence-corrected chi connectivity index (χ4v) is 1.75. The van der Waals surface area contributed by atoms with Crippen molar-refractivity contribution < 1.29 is 4.74 Å². The number of ether oxygens (including phenoxy) is 1. The second-order valence-corrected chi connectivity index (χ2v) is 3.60. The zero-order valence-electron chi connectivity index (χ0n) is 7.63. The summed E-state index contributed by atoms with van der Waals surface area (Å²) in [5.41, 5.74) is 2.74. The number of allylic oxidation sites excluding steroid dienone is 4. The average Bonchev–Trinajstić information content (AvgIpc) is 2.23. The molecule has 0 N–H and O–H groups in total. The Hall–Kier alpha value is -0.980. The molecule has 1 unspecified atom stereocenters. The van der Waals surface area contributed by atoms with Crippen molar-refractivity contribution in [2.45, 2.75) is 32.8 Å². The van der Waals surface area contributed by atoms with Crippen LogP contribution in [0.3, 0.4) is 0 Å². The Balaban J connectivity index is 2.29. The van der Waals surface area contributed by atoms with E-state index in [9.17, 15) is 0 Å². The highest BCUT2D eigenvalue weighted by Gasteiger charge is 2.20. The Bertz CT molecular complexity index is 281. The zero-order valence-corrected chi connectivity index (χ0v) is 7.63. The average molecular weight is 162 g/mol. The van der Waals surface area contributed by atoms with E-state index in [0.717, 1.165) is 18.6 Å². The number of hydrogen-bond donors (Lipinski definition) is 0. The summed E-state index contributed by atoms with van der Waals surface area (Å²) in [4.78, 5) is 0. The van der Waals surface area contributed by atoms with Gasteiger partial charge in [0.1, 0.15) is 5.76 Å². The molecule has 0 aromatic carbocycles. The van der Waals surface area contributed by atoms with E-state index >= 15 is 0 Å². The molecule has 0 radical (unpaired) electrons. The maximum absolute atomic E-state index is 5.68. The lowest BCUT2D eigenvalue weighted by Crippen LogP contribution is -1.97. The van der Waals surface area contributed by atoms with Gasteiger partial charge in [-0.05, 0) is 37.5 Å². The molecule has 1 aliphatic heterocycles. The van der Waals surface area contributed by atoms with Crippen LogP contribution in [0.1, 0.15) is 26.7 Å². The molecule has 0 amide bonds. The van der Waals surface area contributed by atoms with Crippen molar-refractivity contribution in [3.63, 3.8) is 0 Å². The topological polar surface area (TPSA) is 9.23 Å². The monoisotopic (exact) mass is 162 g/mol. The Morgan fingerprint density at radius 3 is 3.17 bits per heavy atom. The molecule has 0 aromatic rings. The van der Waals surface area contributed by atoms with Crippen LogP contribution in [0.4, 0.5) is 0 Å². The summed E-state index contributed by atoms with van der Waals surface area (Å²) in [5.74, 6) is 1.12. The molecule has 0 saturated carbocycles. The quantitative estimate of drug-likeness (QED) is 0.532. The normalized spacial score (nSPS) is 27.8. The van der Waals surface area contributed by atoms with Crippen molar-refractivity contribution in [2.75, 3.05) is 0 Å². The highest BCUT2D eigenvalue weighted by molar-refractivity contribution is 5.35. The lowest BCUT2D eigenvalue weighted by molar-refractivity contribution is 0.169. The van der Waals surface area contributed by atoms with E-state index in [4.69, 9.17) is 4.74 Å². The first-order valence-corrected chi connectivity index (χ1v) is 4.49. The van der Waals surface area contributed by atoms with Crippen LogP contribution in [0.25, 0.3) is 0 Å². The second-order valence-electron chi connectivity index (χ2n) is 3.60. The maximum Gasteiger partial charge on any atom is 0.119 e. The first-order chi connectivity index (χ1) is 5.75. The highest BCUT2D eigenvalue weighted by atomic mass is 16.5. The summed E-state index contributed by atoms with van der Waals surface area (Å²) < 4.78 is 5.68. The van der Waals surface area contributed by atoms with E-state index in [-0.39, 0.29) is 0 Å². The molecule has 2 aliphatic rings. The summed E-state index contributed by atoms with van der Waals surface area (Å²) in [6, 6.07) is 0. The predicted molar refractivity (Wildman–Crippen MR) is 49.7 cm³/mol. The van der Waals surface area contributed by atoms with Gasteiger partial charge in [0.2, 0.25) is 0 Å². The van der Waals surface area contributed by atoms with Crippen LogP contribution >= 0.6 is 0 Å². The Kier molecular flexibility index (Phi) is 1.80. The molecule has 1 nitrogen and oxygen atoms in total. The lowest BCUT2D eigenvalue weighted by atomic mass is 10.1. The third-order valence-electron chi connectivity index (χ3n) is 2.31. The van der Waals surface area contributed by atoms with Crippen LogP contribution in [0.15, 0.2) is 35.1 Å².